The lowest BCUT2D eigenvalue weighted by Gasteiger charge is -2.14. The summed E-state index contributed by atoms with van der Waals surface area (Å²) in [6.45, 7) is 3.26. The number of ether oxygens (including phenoxy) is 2. The molecule has 6 nitrogen and oxygen atoms in total. The molecule has 0 unspecified atom stereocenters. The first-order valence-electron chi connectivity index (χ1n) is 8.62. The molecule has 0 aliphatic heterocycles. The Morgan fingerprint density at radius 1 is 1.11 bits per heavy atom. The van der Waals surface area contributed by atoms with Crippen molar-refractivity contribution in [3.05, 3.63) is 58.6 Å². The van der Waals surface area contributed by atoms with Gasteiger partial charge in [0.2, 0.25) is 5.91 Å². The van der Waals surface area contributed by atoms with Crippen LogP contribution < -0.4 is 10.1 Å². The molecule has 2 aromatic carbocycles. The molecule has 0 aliphatic carbocycles. The van der Waals surface area contributed by atoms with E-state index in [1.807, 2.05) is 6.92 Å². The molecule has 0 bridgehead atoms. The summed E-state index contributed by atoms with van der Waals surface area (Å²) in [6.07, 6.45) is 0.740. The highest BCUT2D eigenvalue weighted by atomic mass is 35.5. The van der Waals surface area contributed by atoms with Gasteiger partial charge in [0.15, 0.2) is 5.75 Å². The van der Waals surface area contributed by atoms with Crippen LogP contribution in [0.25, 0.3) is 0 Å². The van der Waals surface area contributed by atoms with E-state index in [1.165, 1.54) is 12.1 Å². The normalized spacial score (nSPS) is 10.4. The molecule has 7 heteroatoms. The number of nitrogens with one attached hydrogen (secondary N) is 1. The number of halogens is 1. The van der Waals surface area contributed by atoms with Gasteiger partial charge in [0.1, 0.15) is 6.61 Å². The van der Waals surface area contributed by atoms with Crippen molar-refractivity contribution in [3.8, 4) is 5.75 Å². The summed E-state index contributed by atoms with van der Waals surface area (Å²) in [4.78, 5) is 23.1. The van der Waals surface area contributed by atoms with Crippen LogP contribution in [0.5, 0.6) is 5.75 Å². The Hall–Kier alpha value is -2.57. The van der Waals surface area contributed by atoms with Crippen LogP contribution in [0.3, 0.4) is 0 Å². The van der Waals surface area contributed by atoms with Crippen LogP contribution in [0.4, 0.5) is 5.69 Å². The fourth-order valence-corrected chi connectivity index (χ4v) is 2.61. The Balaban J connectivity index is 1.92. The van der Waals surface area contributed by atoms with Gasteiger partial charge in [-0.05, 0) is 43.2 Å². The molecule has 27 heavy (non-hydrogen) atoms. The maximum absolute atomic E-state index is 12.3. The molecule has 0 spiro atoms. The molecule has 0 heterocycles. The van der Waals surface area contributed by atoms with Gasteiger partial charge in [0.25, 0.3) is 0 Å². The van der Waals surface area contributed by atoms with Crippen molar-refractivity contribution in [2.24, 2.45) is 0 Å². The van der Waals surface area contributed by atoms with E-state index in [0.717, 1.165) is 5.56 Å². The van der Waals surface area contributed by atoms with Gasteiger partial charge < -0.3 is 19.9 Å². The van der Waals surface area contributed by atoms with Crippen LogP contribution in [-0.4, -0.2) is 36.8 Å². The second-order valence-corrected chi connectivity index (χ2v) is 6.12. The van der Waals surface area contributed by atoms with Crippen LogP contribution in [-0.2, 0) is 16.0 Å². The zero-order chi connectivity index (χ0) is 19.6. The third-order valence-electron chi connectivity index (χ3n) is 3.76. The highest BCUT2D eigenvalue weighted by Crippen LogP contribution is 2.33. The Labute approximate surface area is 163 Å². The van der Waals surface area contributed by atoms with Gasteiger partial charge in [0.05, 0.1) is 22.9 Å². The van der Waals surface area contributed by atoms with E-state index in [1.54, 1.807) is 30.3 Å². The van der Waals surface area contributed by atoms with Gasteiger partial charge in [-0.1, -0.05) is 29.8 Å². The topological polar surface area (TPSA) is 84.9 Å². The third-order valence-corrected chi connectivity index (χ3v) is 4.06. The number of aryl methyl sites for hydroxylation is 1. The van der Waals surface area contributed by atoms with Gasteiger partial charge in [0, 0.05) is 13.0 Å². The molecular formula is C20H22ClNO5. The van der Waals surface area contributed by atoms with Crippen LogP contribution in [0, 0.1) is 0 Å². The van der Waals surface area contributed by atoms with E-state index >= 15 is 0 Å². The van der Waals surface area contributed by atoms with Gasteiger partial charge in [-0.25, -0.2) is 4.79 Å². The Morgan fingerprint density at radius 3 is 2.52 bits per heavy atom. The first kappa shape index (κ1) is 20.7. The summed E-state index contributed by atoms with van der Waals surface area (Å²) in [5.74, 6) is -0.746. The summed E-state index contributed by atoms with van der Waals surface area (Å²) in [6, 6.07) is 11.6. The maximum atomic E-state index is 12.3. The molecule has 0 aromatic heterocycles. The standard InChI is InChI=1S/C20H22ClNO5/c1-2-26-12-13-27-19-16(21)4-3-5-17(19)22-18(23)11-8-14-6-9-15(10-7-14)20(24)25/h3-7,9-10H,2,8,11-13H2,1H3,(H,22,23)(H,24,25). The molecule has 2 rings (SSSR count). The average molecular weight is 392 g/mol. The fraction of sp³-hybridized carbons (Fsp3) is 0.300. The van der Waals surface area contributed by atoms with Crippen LogP contribution in [0.2, 0.25) is 5.02 Å². The number of carbonyl (C=O) groups is 2. The molecule has 0 aliphatic rings. The Bertz CT molecular complexity index is 776. The van der Waals surface area contributed by atoms with Crippen LogP contribution in [0.15, 0.2) is 42.5 Å². The van der Waals surface area contributed by atoms with Crippen molar-refractivity contribution in [1.82, 2.24) is 0 Å². The minimum Gasteiger partial charge on any atom is -0.487 e. The number of benzene rings is 2. The van der Waals surface area contributed by atoms with E-state index in [-0.39, 0.29) is 17.9 Å². The highest BCUT2D eigenvalue weighted by molar-refractivity contribution is 6.32. The number of carboxylic acids is 1. The highest BCUT2D eigenvalue weighted by Gasteiger charge is 2.12. The molecule has 1 amide bonds. The number of anilines is 1. The molecule has 0 atom stereocenters. The summed E-state index contributed by atoms with van der Waals surface area (Å²) in [5, 5.41) is 12.1. The van der Waals surface area contributed by atoms with E-state index < -0.39 is 5.97 Å². The number of hydrogen-bond donors (Lipinski definition) is 2. The van der Waals surface area contributed by atoms with Gasteiger partial charge >= 0.3 is 5.97 Å². The number of aromatic carboxylic acids is 1. The first-order chi connectivity index (χ1) is 13.0. The number of amides is 1. The number of rotatable bonds is 10. The number of carboxylic acid groups (broad SMARTS) is 1. The lowest BCUT2D eigenvalue weighted by atomic mass is 10.1. The quantitative estimate of drug-likeness (QED) is 0.597. The molecule has 0 fully saturated rings. The molecule has 0 saturated carbocycles. The first-order valence-corrected chi connectivity index (χ1v) is 9.00. The van der Waals surface area contributed by atoms with Crippen molar-refractivity contribution < 1.29 is 24.2 Å². The van der Waals surface area contributed by atoms with E-state index in [0.29, 0.717) is 42.7 Å². The number of para-hydroxylation sites is 1. The van der Waals surface area contributed by atoms with Crippen molar-refractivity contribution >= 4 is 29.2 Å². The van der Waals surface area contributed by atoms with Gasteiger partial charge in [-0.15, -0.1) is 0 Å². The smallest absolute Gasteiger partial charge is 0.335 e. The van der Waals surface area contributed by atoms with Crippen LogP contribution in [0.1, 0.15) is 29.3 Å². The van der Waals surface area contributed by atoms with Gasteiger partial charge in [-0.2, -0.15) is 0 Å². The zero-order valence-corrected chi connectivity index (χ0v) is 15.8. The van der Waals surface area contributed by atoms with E-state index in [2.05, 4.69) is 5.32 Å². The summed E-state index contributed by atoms with van der Waals surface area (Å²) >= 11 is 6.17. The maximum Gasteiger partial charge on any atom is 0.335 e. The summed E-state index contributed by atoms with van der Waals surface area (Å²) in [7, 11) is 0. The SMILES string of the molecule is CCOCCOc1c(Cl)cccc1NC(=O)CCc1ccc(C(=O)O)cc1. The van der Waals surface area contributed by atoms with Crippen molar-refractivity contribution in [2.45, 2.75) is 19.8 Å². The molecule has 0 radical (unpaired) electrons. The minimum absolute atomic E-state index is 0.186. The number of hydrogen-bond acceptors (Lipinski definition) is 4. The molecule has 2 N–H and O–H groups in total. The Kier molecular flexibility index (Phi) is 8.10. The molecular weight excluding hydrogens is 370 g/mol. The van der Waals surface area contributed by atoms with Gasteiger partial charge in [-0.3, -0.25) is 4.79 Å². The van der Waals surface area contributed by atoms with Crippen molar-refractivity contribution in [3.63, 3.8) is 0 Å². The minimum atomic E-state index is -0.975. The second-order valence-electron chi connectivity index (χ2n) is 5.71. The van der Waals surface area contributed by atoms with Crippen molar-refractivity contribution in [1.29, 1.82) is 0 Å². The number of carbonyl (C=O) groups excluding carboxylic acids is 1. The molecule has 2 aromatic rings. The third kappa shape index (κ3) is 6.58. The predicted molar refractivity (Wildman–Crippen MR) is 104 cm³/mol. The predicted octanol–water partition coefficient (Wildman–Crippen LogP) is 4.02. The second kappa shape index (κ2) is 10.5. The average Bonchev–Trinajstić information content (AvgIpc) is 2.65. The van der Waals surface area contributed by atoms with E-state index in [4.69, 9.17) is 26.2 Å². The zero-order valence-electron chi connectivity index (χ0n) is 15.0. The molecule has 0 saturated heterocycles. The van der Waals surface area contributed by atoms with Crippen molar-refractivity contribution in [2.75, 3.05) is 25.1 Å². The van der Waals surface area contributed by atoms with Crippen LogP contribution >= 0.6 is 11.6 Å². The Morgan fingerprint density at radius 2 is 1.85 bits per heavy atom. The fourth-order valence-electron chi connectivity index (χ4n) is 2.39. The lowest BCUT2D eigenvalue weighted by molar-refractivity contribution is -0.116. The summed E-state index contributed by atoms with van der Waals surface area (Å²) in [5.41, 5.74) is 1.61. The largest absolute Gasteiger partial charge is 0.487 e. The monoisotopic (exact) mass is 391 g/mol. The van der Waals surface area contributed by atoms with E-state index in [9.17, 15) is 9.59 Å². The molecule has 144 valence electrons. The lowest BCUT2D eigenvalue weighted by Crippen LogP contribution is -2.14. The summed E-state index contributed by atoms with van der Waals surface area (Å²) < 4.78 is 10.9.